The first-order chi connectivity index (χ1) is 15.7. The highest BCUT2D eigenvalue weighted by Gasteiger charge is 2.18. The van der Waals surface area contributed by atoms with Crippen LogP contribution in [0.15, 0.2) is 97.3 Å². The molecule has 0 fully saturated rings. The quantitative estimate of drug-likeness (QED) is 0.430. The third-order valence-corrected chi connectivity index (χ3v) is 5.05. The van der Waals surface area contributed by atoms with Crippen molar-refractivity contribution >= 4 is 23.0 Å². The molecule has 5 aromatic rings. The second-order valence-corrected chi connectivity index (χ2v) is 7.12. The molecule has 3 aromatic carbocycles. The second kappa shape index (κ2) is 8.23. The molecule has 154 valence electrons. The minimum Gasteiger partial charge on any atom is -0.322 e. The van der Waals surface area contributed by atoms with Crippen molar-refractivity contribution in [3.05, 3.63) is 114 Å². The molecular formula is C25H17N5O2. The van der Waals surface area contributed by atoms with Crippen LogP contribution in [0.25, 0.3) is 16.9 Å². The maximum atomic E-state index is 12.9. The lowest BCUT2D eigenvalue weighted by atomic mass is 9.98. The van der Waals surface area contributed by atoms with Crippen LogP contribution in [0.2, 0.25) is 0 Å². The fraction of sp³-hybridized carbons (Fsp3) is 0. The summed E-state index contributed by atoms with van der Waals surface area (Å²) < 4.78 is 1.60. The number of nitrogens with one attached hydrogen (secondary N) is 1. The zero-order valence-electron chi connectivity index (χ0n) is 16.8. The minimum absolute atomic E-state index is 0.192. The minimum atomic E-state index is -0.346. The molecule has 32 heavy (non-hydrogen) atoms. The van der Waals surface area contributed by atoms with E-state index in [0.717, 1.165) is 11.3 Å². The number of nitrogens with zero attached hydrogens (tertiary/aromatic N) is 4. The standard InChI is InChI=1S/C25H17N5O2/c31-24(18-6-2-1-3-7-18)20-8-4-5-9-21(20)25(32)27-19-12-10-17(11-13-19)22-14-15-23-28-26-16-30(23)29-22/h1-16H,(H,27,32). The number of carbonyl (C=O) groups excluding carboxylic acids is 2. The van der Waals surface area contributed by atoms with Gasteiger partial charge in [0.25, 0.3) is 5.91 Å². The zero-order chi connectivity index (χ0) is 21.9. The maximum absolute atomic E-state index is 12.9. The van der Waals surface area contributed by atoms with Gasteiger partial charge < -0.3 is 5.32 Å². The van der Waals surface area contributed by atoms with Crippen LogP contribution >= 0.6 is 0 Å². The Morgan fingerprint density at radius 3 is 2.25 bits per heavy atom. The average molecular weight is 419 g/mol. The highest BCUT2D eigenvalue weighted by Crippen LogP contribution is 2.21. The van der Waals surface area contributed by atoms with Crippen LogP contribution in [0.1, 0.15) is 26.3 Å². The lowest BCUT2D eigenvalue weighted by molar-refractivity contribution is 0.0996. The Balaban J connectivity index is 1.37. The normalized spacial score (nSPS) is 10.8. The van der Waals surface area contributed by atoms with Crippen molar-refractivity contribution in [1.82, 2.24) is 19.8 Å². The molecule has 0 aliphatic carbocycles. The number of aromatic nitrogens is 4. The fourth-order valence-electron chi connectivity index (χ4n) is 3.43. The Morgan fingerprint density at radius 2 is 1.47 bits per heavy atom. The number of rotatable bonds is 5. The van der Waals surface area contributed by atoms with Gasteiger partial charge in [-0.2, -0.15) is 9.61 Å². The van der Waals surface area contributed by atoms with Gasteiger partial charge in [0.05, 0.1) is 11.3 Å². The maximum Gasteiger partial charge on any atom is 0.256 e. The van der Waals surface area contributed by atoms with Gasteiger partial charge in [-0.05, 0) is 30.3 Å². The molecule has 1 amide bonds. The first kappa shape index (κ1) is 19.3. The molecule has 0 saturated carbocycles. The number of fused-ring (bicyclic) bond motifs is 1. The second-order valence-electron chi connectivity index (χ2n) is 7.12. The largest absolute Gasteiger partial charge is 0.322 e. The van der Waals surface area contributed by atoms with E-state index in [4.69, 9.17) is 0 Å². The van der Waals surface area contributed by atoms with Crippen LogP contribution in [0.5, 0.6) is 0 Å². The van der Waals surface area contributed by atoms with Crippen LogP contribution in [-0.4, -0.2) is 31.5 Å². The lowest BCUT2D eigenvalue weighted by Crippen LogP contribution is -2.16. The summed E-state index contributed by atoms with van der Waals surface area (Å²) in [5.74, 6) is -0.538. The van der Waals surface area contributed by atoms with Crippen LogP contribution in [0.4, 0.5) is 5.69 Å². The molecule has 2 heterocycles. The SMILES string of the molecule is O=C(Nc1ccc(-c2ccc3nncn3n2)cc1)c1ccccc1C(=O)c1ccccc1. The van der Waals surface area contributed by atoms with E-state index >= 15 is 0 Å². The molecule has 2 aromatic heterocycles. The number of benzene rings is 3. The molecule has 5 rings (SSSR count). The number of amides is 1. The molecule has 7 heteroatoms. The summed E-state index contributed by atoms with van der Waals surface area (Å²) in [5, 5.41) is 15.1. The van der Waals surface area contributed by atoms with E-state index in [-0.39, 0.29) is 11.7 Å². The molecular weight excluding hydrogens is 402 g/mol. The Bertz CT molecular complexity index is 1430. The Labute approximate surface area is 183 Å². The van der Waals surface area contributed by atoms with Gasteiger partial charge in [-0.25, -0.2) is 0 Å². The van der Waals surface area contributed by atoms with Crippen LogP contribution in [0, 0.1) is 0 Å². The highest BCUT2D eigenvalue weighted by atomic mass is 16.2. The molecule has 0 spiro atoms. The van der Waals surface area contributed by atoms with Gasteiger partial charge in [0.2, 0.25) is 0 Å². The van der Waals surface area contributed by atoms with Gasteiger partial charge in [0, 0.05) is 22.4 Å². The van der Waals surface area contributed by atoms with Crippen LogP contribution in [-0.2, 0) is 0 Å². The van der Waals surface area contributed by atoms with Crippen LogP contribution in [0.3, 0.4) is 0 Å². The molecule has 0 radical (unpaired) electrons. The topological polar surface area (TPSA) is 89.2 Å². The average Bonchev–Trinajstić information content (AvgIpc) is 3.32. The van der Waals surface area contributed by atoms with Crippen molar-refractivity contribution in [2.75, 3.05) is 5.32 Å². The molecule has 1 N–H and O–H groups in total. The predicted octanol–water partition coefficient (Wildman–Crippen LogP) is 4.27. The van der Waals surface area contributed by atoms with E-state index in [1.165, 1.54) is 0 Å². The summed E-state index contributed by atoms with van der Waals surface area (Å²) in [7, 11) is 0. The summed E-state index contributed by atoms with van der Waals surface area (Å²) in [6, 6.07) is 26.8. The summed E-state index contributed by atoms with van der Waals surface area (Å²) in [5.41, 5.74) is 4.15. The van der Waals surface area contributed by atoms with E-state index in [2.05, 4.69) is 20.6 Å². The van der Waals surface area contributed by atoms with Gasteiger partial charge in [0.15, 0.2) is 11.4 Å². The molecule has 0 bridgehead atoms. The predicted molar refractivity (Wildman–Crippen MR) is 120 cm³/mol. The summed E-state index contributed by atoms with van der Waals surface area (Å²) in [4.78, 5) is 25.9. The van der Waals surface area contributed by atoms with Gasteiger partial charge in [-0.1, -0.05) is 60.7 Å². The van der Waals surface area contributed by atoms with Gasteiger partial charge in [-0.15, -0.1) is 10.2 Å². The third kappa shape index (κ3) is 3.75. The number of ketones is 1. The van der Waals surface area contributed by atoms with Crippen molar-refractivity contribution in [1.29, 1.82) is 0 Å². The smallest absolute Gasteiger partial charge is 0.256 e. The van der Waals surface area contributed by atoms with Gasteiger partial charge >= 0.3 is 0 Å². The van der Waals surface area contributed by atoms with Crippen molar-refractivity contribution in [2.45, 2.75) is 0 Å². The number of carbonyl (C=O) groups is 2. The summed E-state index contributed by atoms with van der Waals surface area (Å²) in [6.45, 7) is 0. The molecule has 0 atom stereocenters. The van der Waals surface area contributed by atoms with Crippen molar-refractivity contribution in [3.8, 4) is 11.3 Å². The monoisotopic (exact) mass is 419 g/mol. The summed E-state index contributed by atoms with van der Waals surface area (Å²) in [6.07, 6.45) is 1.54. The Kier molecular flexibility index (Phi) is 4.97. The van der Waals surface area contributed by atoms with Crippen LogP contribution < -0.4 is 5.32 Å². The van der Waals surface area contributed by atoms with Crippen molar-refractivity contribution in [3.63, 3.8) is 0 Å². The molecule has 0 unspecified atom stereocenters. The first-order valence-corrected chi connectivity index (χ1v) is 9.97. The first-order valence-electron chi connectivity index (χ1n) is 9.97. The van der Waals surface area contributed by atoms with Crippen molar-refractivity contribution in [2.24, 2.45) is 0 Å². The van der Waals surface area contributed by atoms with Gasteiger partial charge in [0.1, 0.15) is 6.33 Å². The molecule has 0 aliphatic rings. The fourth-order valence-corrected chi connectivity index (χ4v) is 3.43. The highest BCUT2D eigenvalue weighted by molar-refractivity contribution is 6.17. The third-order valence-electron chi connectivity index (χ3n) is 5.05. The lowest BCUT2D eigenvalue weighted by Gasteiger charge is -2.10. The molecule has 7 nitrogen and oxygen atoms in total. The Hall–Kier alpha value is -4.65. The zero-order valence-corrected chi connectivity index (χ0v) is 16.8. The van der Waals surface area contributed by atoms with E-state index < -0.39 is 0 Å². The van der Waals surface area contributed by atoms with Gasteiger partial charge in [-0.3, -0.25) is 9.59 Å². The van der Waals surface area contributed by atoms with E-state index in [9.17, 15) is 9.59 Å². The van der Waals surface area contributed by atoms with E-state index in [1.54, 1.807) is 71.5 Å². The molecule has 0 saturated heterocycles. The van der Waals surface area contributed by atoms with E-state index in [1.807, 2.05) is 30.3 Å². The Morgan fingerprint density at radius 1 is 0.750 bits per heavy atom. The number of hydrogen-bond donors (Lipinski definition) is 1. The van der Waals surface area contributed by atoms with E-state index in [0.29, 0.717) is 28.0 Å². The molecule has 0 aliphatic heterocycles. The summed E-state index contributed by atoms with van der Waals surface area (Å²) >= 11 is 0. The van der Waals surface area contributed by atoms with Crippen molar-refractivity contribution < 1.29 is 9.59 Å². The number of hydrogen-bond acceptors (Lipinski definition) is 5. The number of anilines is 1.